The lowest BCUT2D eigenvalue weighted by Gasteiger charge is -2.34. The van der Waals surface area contributed by atoms with Gasteiger partial charge >= 0.3 is 0 Å². The molecule has 9 heteroatoms. The van der Waals surface area contributed by atoms with Crippen LogP contribution in [0.5, 0.6) is 0 Å². The van der Waals surface area contributed by atoms with Crippen molar-refractivity contribution >= 4 is 22.6 Å². The third-order valence-electron chi connectivity index (χ3n) is 4.81. The number of piperazine rings is 1. The van der Waals surface area contributed by atoms with Crippen molar-refractivity contribution in [3.05, 3.63) is 40.3 Å². The lowest BCUT2D eigenvalue weighted by molar-refractivity contribution is -0.122. The molecule has 0 bridgehead atoms. The van der Waals surface area contributed by atoms with Crippen molar-refractivity contribution in [1.29, 1.82) is 0 Å². The third kappa shape index (κ3) is 4.37. The first-order valence-electron chi connectivity index (χ1n) is 9.24. The number of rotatable bonds is 6. The second-order valence-corrected chi connectivity index (χ2v) is 6.73. The molecular formula is C19H25N5O4. The van der Waals surface area contributed by atoms with E-state index < -0.39 is 0 Å². The number of amides is 2. The van der Waals surface area contributed by atoms with E-state index in [-0.39, 0.29) is 23.1 Å². The van der Waals surface area contributed by atoms with Crippen LogP contribution in [0.4, 0.5) is 0 Å². The van der Waals surface area contributed by atoms with Gasteiger partial charge in [-0.2, -0.15) is 5.10 Å². The van der Waals surface area contributed by atoms with Crippen LogP contribution < -0.4 is 10.9 Å². The van der Waals surface area contributed by atoms with Crippen LogP contribution in [0, 0.1) is 0 Å². The zero-order chi connectivity index (χ0) is 20.1. The summed E-state index contributed by atoms with van der Waals surface area (Å²) in [6.45, 7) is 3.48. The first-order valence-corrected chi connectivity index (χ1v) is 9.24. The fraction of sp³-hybridized carbons (Fsp3) is 0.474. The average molecular weight is 387 g/mol. The molecule has 1 aliphatic heterocycles. The Balaban J connectivity index is 1.65. The van der Waals surface area contributed by atoms with Gasteiger partial charge in [0.1, 0.15) is 0 Å². The Kier molecular flexibility index (Phi) is 6.37. The molecule has 28 heavy (non-hydrogen) atoms. The molecule has 1 saturated heterocycles. The average Bonchev–Trinajstić information content (AvgIpc) is 2.71. The quantitative estimate of drug-likeness (QED) is 0.669. The largest absolute Gasteiger partial charge is 0.383 e. The zero-order valence-electron chi connectivity index (χ0n) is 16.2. The molecule has 2 aromatic rings. The Morgan fingerprint density at radius 2 is 1.82 bits per heavy atom. The topological polar surface area (TPSA) is 96.8 Å². The van der Waals surface area contributed by atoms with Crippen molar-refractivity contribution < 1.29 is 14.3 Å². The van der Waals surface area contributed by atoms with Crippen LogP contribution in [0.15, 0.2) is 29.1 Å². The molecule has 150 valence electrons. The zero-order valence-corrected chi connectivity index (χ0v) is 16.2. The summed E-state index contributed by atoms with van der Waals surface area (Å²) >= 11 is 0. The highest BCUT2D eigenvalue weighted by atomic mass is 16.5. The van der Waals surface area contributed by atoms with E-state index in [9.17, 15) is 14.4 Å². The van der Waals surface area contributed by atoms with Gasteiger partial charge in [0, 0.05) is 52.3 Å². The van der Waals surface area contributed by atoms with Crippen LogP contribution in [0.3, 0.4) is 0 Å². The van der Waals surface area contributed by atoms with Crippen LogP contribution in [0.25, 0.3) is 10.8 Å². The number of carbonyl (C=O) groups is 2. The Morgan fingerprint density at radius 1 is 1.14 bits per heavy atom. The summed E-state index contributed by atoms with van der Waals surface area (Å²) in [7, 11) is 3.14. The maximum Gasteiger partial charge on any atom is 0.275 e. The fourth-order valence-electron chi connectivity index (χ4n) is 3.27. The van der Waals surface area contributed by atoms with Crippen molar-refractivity contribution in [3.8, 4) is 0 Å². The second kappa shape index (κ2) is 8.94. The minimum Gasteiger partial charge on any atom is -0.383 e. The van der Waals surface area contributed by atoms with Crippen LogP contribution in [0.2, 0.25) is 0 Å². The van der Waals surface area contributed by atoms with Crippen molar-refractivity contribution in [2.75, 3.05) is 53.0 Å². The van der Waals surface area contributed by atoms with Crippen LogP contribution in [-0.2, 0) is 16.6 Å². The predicted octanol–water partition coefficient (Wildman–Crippen LogP) is -0.546. The lowest BCUT2D eigenvalue weighted by Crippen LogP contribution is -2.51. The van der Waals surface area contributed by atoms with E-state index in [1.807, 2.05) is 4.90 Å². The molecule has 0 radical (unpaired) electrons. The normalized spacial score (nSPS) is 15.0. The summed E-state index contributed by atoms with van der Waals surface area (Å²) in [5.74, 6) is -0.251. The van der Waals surface area contributed by atoms with Gasteiger partial charge in [-0.3, -0.25) is 19.3 Å². The van der Waals surface area contributed by atoms with E-state index in [0.717, 1.165) is 0 Å². The summed E-state index contributed by atoms with van der Waals surface area (Å²) < 4.78 is 6.12. The number of hydrogen-bond acceptors (Lipinski definition) is 6. The van der Waals surface area contributed by atoms with Gasteiger partial charge < -0.3 is 15.0 Å². The summed E-state index contributed by atoms with van der Waals surface area (Å²) in [6, 6.07) is 7.02. The summed E-state index contributed by atoms with van der Waals surface area (Å²) in [4.78, 5) is 40.9. The molecule has 1 aliphatic rings. The Hall–Kier alpha value is -2.78. The number of nitrogens with one attached hydrogen (secondary N) is 1. The summed E-state index contributed by atoms with van der Waals surface area (Å²) in [5.41, 5.74) is 0.0555. The van der Waals surface area contributed by atoms with E-state index in [4.69, 9.17) is 4.74 Å². The SMILES string of the molecule is COCCNC(=O)CN1CCN(C(=O)c2nn(C)c(=O)c3ccccc23)CC1. The standard InChI is InChI=1S/C19H25N5O4/c1-22-18(26)15-6-4-3-5-14(15)17(21-22)19(27)24-10-8-23(9-11-24)13-16(25)20-7-12-28-2/h3-6H,7-13H2,1-2H3,(H,20,25). The van der Waals surface area contributed by atoms with E-state index in [2.05, 4.69) is 10.4 Å². The molecule has 0 aliphatic carbocycles. The molecule has 0 spiro atoms. The highest BCUT2D eigenvalue weighted by molar-refractivity contribution is 6.04. The molecule has 2 heterocycles. The summed E-state index contributed by atoms with van der Waals surface area (Å²) in [6.07, 6.45) is 0. The number of nitrogens with zero attached hydrogens (tertiary/aromatic N) is 4. The second-order valence-electron chi connectivity index (χ2n) is 6.73. The maximum absolute atomic E-state index is 13.0. The van der Waals surface area contributed by atoms with Crippen molar-refractivity contribution in [2.45, 2.75) is 0 Å². The Morgan fingerprint density at radius 3 is 2.50 bits per heavy atom. The van der Waals surface area contributed by atoms with E-state index >= 15 is 0 Å². The minimum atomic E-state index is -0.226. The molecule has 1 fully saturated rings. The number of hydrogen-bond donors (Lipinski definition) is 1. The van der Waals surface area contributed by atoms with Gasteiger partial charge in [-0.25, -0.2) is 4.68 Å². The van der Waals surface area contributed by atoms with Crippen LogP contribution in [-0.4, -0.2) is 84.4 Å². The highest BCUT2D eigenvalue weighted by Gasteiger charge is 2.26. The Labute approximate surface area is 162 Å². The van der Waals surface area contributed by atoms with Gasteiger partial charge in [0.25, 0.3) is 11.5 Å². The number of benzene rings is 1. The molecule has 0 atom stereocenters. The highest BCUT2D eigenvalue weighted by Crippen LogP contribution is 2.16. The van der Waals surface area contributed by atoms with Gasteiger partial charge in [-0.15, -0.1) is 0 Å². The smallest absolute Gasteiger partial charge is 0.275 e. The molecule has 1 N–H and O–H groups in total. The number of methoxy groups -OCH3 is 1. The van der Waals surface area contributed by atoms with Crippen LogP contribution >= 0.6 is 0 Å². The van der Waals surface area contributed by atoms with E-state index in [1.54, 1.807) is 43.3 Å². The third-order valence-corrected chi connectivity index (χ3v) is 4.81. The molecule has 9 nitrogen and oxygen atoms in total. The number of ether oxygens (including phenoxy) is 1. The fourth-order valence-corrected chi connectivity index (χ4v) is 3.27. The molecule has 1 aromatic carbocycles. The number of aryl methyl sites for hydroxylation is 1. The summed E-state index contributed by atoms with van der Waals surface area (Å²) in [5, 5.41) is 8.05. The van der Waals surface area contributed by atoms with Gasteiger partial charge in [0.05, 0.1) is 18.5 Å². The molecule has 1 aromatic heterocycles. The molecule has 0 saturated carbocycles. The number of fused-ring (bicyclic) bond motifs is 1. The van der Waals surface area contributed by atoms with Gasteiger partial charge in [0.15, 0.2) is 5.69 Å². The van der Waals surface area contributed by atoms with E-state index in [0.29, 0.717) is 56.6 Å². The monoisotopic (exact) mass is 387 g/mol. The number of aromatic nitrogens is 2. The van der Waals surface area contributed by atoms with Crippen molar-refractivity contribution in [2.24, 2.45) is 7.05 Å². The van der Waals surface area contributed by atoms with Crippen molar-refractivity contribution in [1.82, 2.24) is 24.9 Å². The lowest BCUT2D eigenvalue weighted by atomic mass is 10.1. The van der Waals surface area contributed by atoms with Crippen LogP contribution in [0.1, 0.15) is 10.5 Å². The van der Waals surface area contributed by atoms with Gasteiger partial charge in [0.2, 0.25) is 5.91 Å². The first-order chi connectivity index (χ1) is 13.5. The molecule has 3 rings (SSSR count). The maximum atomic E-state index is 13.0. The predicted molar refractivity (Wildman–Crippen MR) is 104 cm³/mol. The molecule has 0 unspecified atom stereocenters. The van der Waals surface area contributed by atoms with Crippen molar-refractivity contribution in [3.63, 3.8) is 0 Å². The molecule has 2 amide bonds. The number of carbonyl (C=O) groups excluding carboxylic acids is 2. The van der Waals surface area contributed by atoms with Gasteiger partial charge in [-0.05, 0) is 6.07 Å². The Bertz CT molecular complexity index is 918. The first kappa shape index (κ1) is 20.0. The van der Waals surface area contributed by atoms with Gasteiger partial charge in [-0.1, -0.05) is 18.2 Å². The molecular weight excluding hydrogens is 362 g/mol. The van der Waals surface area contributed by atoms with E-state index in [1.165, 1.54) is 4.68 Å². The minimum absolute atomic E-state index is 0.0532.